The monoisotopic (exact) mass is 168 g/mol. The average molecular weight is 168 g/mol. The first-order valence-electron chi connectivity index (χ1n) is 4.28. The first-order chi connectivity index (χ1) is 5.58. The van der Waals surface area contributed by atoms with Gasteiger partial charge in [-0.05, 0) is 17.9 Å². The summed E-state index contributed by atoms with van der Waals surface area (Å²) in [6.45, 7) is 6.17. The highest BCUT2D eigenvalue weighted by Crippen LogP contribution is 2.35. The molecule has 1 unspecified atom stereocenters. The zero-order chi connectivity index (χ0) is 9.19. The van der Waals surface area contributed by atoms with E-state index in [9.17, 15) is 5.11 Å². The van der Waals surface area contributed by atoms with Crippen LogP contribution in [-0.2, 0) is 0 Å². The largest absolute Gasteiger partial charge is 0.472 e. The molecule has 1 aromatic heterocycles. The number of aliphatic hydroxyl groups is 1. The van der Waals surface area contributed by atoms with E-state index in [1.807, 2.05) is 19.9 Å². The lowest BCUT2D eigenvalue weighted by molar-refractivity contribution is 0.0461. The van der Waals surface area contributed by atoms with Crippen LogP contribution in [0.4, 0.5) is 0 Å². The molecular formula is C10H16O2. The molecule has 0 aliphatic carbocycles. The number of hydrogen-bond donors (Lipinski definition) is 1. The number of furan rings is 1. The average Bonchev–Trinajstić information content (AvgIpc) is 2.55. The van der Waals surface area contributed by atoms with Crippen LogP contribution in [0, 0.1) is 5.41 Å². The molecule has 0 saturated carbocycles. The van der Waals surface area contributed by atoms with Crippen molar-refractivity contribution in [1.82, 2.24) is 0 Å². The van der Waals surface area contributed by atoms with E-state index in [0.717, 1.165) is 12.0 Å². The topological polar surface area (TPSA) is 33.4 Å². The van der Waals surface area contributed by atoms with Crippen LogP contribution < -0.4 is 0 Å². The van der Waals surface area contributed by atoms with Gasteiger partial charge < -0.3 is 9.52 Å². The molecule has 0 spiro atoms. The van der Waals surface area contributed by atoms with Crippen LogP contribution >= 0.6 is 0 Å². The van der Waals surface area contributed by atoms with Gasteiger partial charge in [-0.1, -0.05) is 20.8 Å². The fraction of sp³-hybridized carbons (Fsp3) is 0.600. The van der Waals surface area contributed by atoms with Gasteiger partial charge in [0.1, 0.15) is 0 Å². The Kier molecular flexibility index (Phi) is 2.58. The summed E-state index contributed by atoms with van der Waals surface area (Å²) in [5.41, 5.74) is 0.783. The molecule has 0 amide bonds. The third kappa shape index (κ3) is 1.69. The second-order valence-corrected chi connectivity index (χ2v) is 3.80. The van der Waals surface area contributed by atoms with Crippen LogP contribution in [-0.4, -0.2) is 5.11 Å². The lowest BCUT2D eigenvalue weighted by atomic mass is 9.81. The third-order valence-electron chi connectivity index (χ3n) is 2.51. The summed E-state index contributed by atoms with van der Waals surface area (Å²) in [5, 5.41) is 9.88. The second kappa shape index (κ2) is 3.31. The summed E-state index contributed by atoms with van der Waals surface area (Å²) >= 11 is 0. The van der Waals surface area contributed by atoms with Crippen molar-refractivity contribution in [2.24, 2.45) is 5.41 Å². The lowest BCUT2D eigenvalue weighted by Crippen LogP contribution is -2.20. The van der Waals surface area contributed by atoms with E-state index in [-0.39, 0.29) is 5.41 Å². The molecule has 1 heterocycles. The fourth-order valence-electron chi connectivity index (χ4n) is 1.08. The predicted octanol–water partition coefficient (Wildman–Crippen LogP) is 2.75. The summed E-state index contributed by atoms with van der Waals surface area (Å²) in [6.07, 6.45) is 3.70. The highest BCUT2D eigenvalue weighted by atomic mass is 16.3. The molecule has 2 heteroatoms. The first kappa shape index (κ1) is 9.33. The smallest absolute Gasteiger partial charge is 0.0960 e. The first-order valence-corrected chi connectivity index (χ1v) is 4.28. The third-order valence-corrected chi connectivity index (χ3v) is 2.51. The highest BCUT2D eigenvalue weighted by molar-refractivity contribution is 5.11. The van der Waals surface area contributed by atoms with Crippen molar-refractivity contribution in [2.75, 3.05) is 0 Å². The molecule has 0 fully saturated rings. The van der Waals surface area contributed by atoms with E-state index in [1.165, 1.54) is 0 Å². The molecule has 1 atom stereocenters. The predicted molar refractivity (Wildman–Crippen MR) is 47.7 cm³/mol. The SMILES string of the molecule is CCC(C)(C)C(O)c1ccoc1. The Morgan fingerprint density at radius 1 is 1.58 bits per heavy atom. The summed E-state index contributed by atoms with van der Waals surface area (Å²) in [6, 6.07) is 1.81. The van der Waals surface area contributed by atoms with E-state index < -0.39 is 6.10 Å². The number of rotatable bonds is 3. The van der Waals surface area contributed by atoms with Crippen molar-refractivity contribution in [1.29, 1.82) is 0 Å². The minimum absolute atomic E-state index is 0.0795. The molecule has 12 heavy (non-hydrogen) atoms. The molecule has 1 aromatic rings. The Balaban J connectivity index is 2.78. The van der Waals surface area contributed by atoms with Gasteiger partial charge in [-0.15, -0.1) is 0 Å². The van der Waals surface area contributed by atoms with Crippen molar-refractivity contribution in [3.63, 3.8) is 0 Å². The van der Waals surface area contributed by atoms with Crippen molar-refractivity contribution in [3.8, 4) is 0 Å². The molecule has 68 valence electrons. The van der Waals surface area contributed by atoms with Gasteiger partial charge in [-0.3, -0.25) is 0 Å². The van der Waals surface area contributed by atoms with Gasteiger partial charge in [0.25, 0.3) is 0 Å². The Bertz CT molecular complexity index is 224. The van der Waals surface area contributed by atoms with Gasteiger partial charge in [-0.25, -0.2) is 0 Å². The van der Waals surface area contributed by atoms with Gasteiger partial charge in [0.15, 0.2) is 0 Å². The Morgan fingerprint density at radius 3 is 2.67 bits per heavy atom. The van der Waals surface area contributed by atoms with Crippen LogP contribution in [0.25, 0.3) is 0 Å². The zero-order valence-electron chi connectivity index (χ0n) is 7.87. The number of hydrogen-bond acceptors (Lipinski definition) is 2. The summed E-state index contributed by atoms with van der Waals surface area (Å²) in [7, 11) is 0. The molecule has 0 aromatic carbocycles. The Hall–Kier alpha value is -0.760. The molecule has 1 rings (SSSR count). The van der Waals surface area contributed by atoms with Crippen molar-refractivity contribution in [2.45, 2.75) is 33.3 Å². The Labute approximate surface area is 73.2 Å². The van der Waals surface area contributed by atoms with E-state index in [4.69, 9.17) is 4.42 Å². The molecule has 0 aliphatic heterocycles. The van der Waals surface area contributed by atoms with Crippen LogP contribution in [0.1, 0.15) is 38.9 Å². The normalized spacial score (nSPS) is 14.7. The van der Waals surface area contributed by atoms with E-state index in [2.05, 4.69) is 6.92 Å². The van der Waals surface area contributed by atoms with Gasteiger partial charge in [0.2, 0.25) is 0 Å². The molecular weight excluding hydrogens is 152 g/mol. The minimum Gasteiger partial charge on any atom is -0.472 e. The van der Waals surface area contributed by atoms with Crippen molar-refractivity contribution < 1.29 is 9.52 Å². The second-order valence-electron chi connectivity index (χ2n) is 3.80. The summed E-state index contributed by atoms with van der Waals surface area (Å²) in [5.74, 6) is 0. The highest BCUT2D eigenvalue weighted by Gasteiger charge is 2.27. The summed E-state index contributed by atoms with van der Waals surface area (Å²) < 4.78 is 4.92. The quantitative estimate of drug-likeness (QED) is 0.752. The molecule has 1 N–H and O–H groups in total. The minimum atomic E-state index is -0.429. The Morgan fingerprint density at radius 2 is 2.25 bits per heavy atom. The van der Waals surface area contributed by atoms with E-state index >= 15 is 0 Å². The molecule has 0 bridgehead atoms. The van der Waals surface area contributed by atoms with Crippen LogP contribution in [0.2, 0.25) is 0 Å². The van der Waals surface area contributed by atoms with Crippen LogP contribution in [0.15, 0.2) is 23.0 Å². The molecule has 0 radical (unpaired) electrons. The van der Waals surface area contributed by atoms with Crippen molar-refractivity contribution >= 4 is 0 Å². The standard InChI is InChI=1S/C10H16O2/c1-4-10(2,3)9(11)8-5-6-12-7-8/h5-7,9,11H,4H2,1-3H3. The zero-order valence-corrected chi connectivity index (χ0v) is 7.87. The van der Waals surface area contributed by atoms with Gasteiger partial charge in [0.05, 0.1) is 18.6 Å². The lowest BCUT2D eigenvalue weighted by Gasteiger charge is -2.28. The maximum Gasteiger partial charge on any atom is 0.0960 e. The van der Waals surface area contributed by atoms with Crippen LogP contribution in [0.3, 0.4) is 0 Å². The molecule has 0 aliphatic rings. The molecule has 2 nitrogen and oxygen atoms in total. The molecule has 0 saturated heterocycles. The van der Waals surface area contributed by atoms with Crippen LogP contribution in [0.5, 0.6) is 0 Å². The van der Waals surface area contributed by atoms with Crippen molar-refractivity contribution in [3.05, 3.63) is 24.2 Å². The van der Waals surface area contributed by atoms with Gasteiger partial charge >= 0.3 is 0 Å². The summed E-state index contributed by atoms with van der Waals surface area (Å²) in [4.78, 5) is 0. The van der Waals surface area contributed by atoms with Gasteiger partial charge in [-0.2, -0.15) is 0 Å². The number of aliphatic hydroxyl groups excluding tert-OH is 1. The van der Waals surface area contributed by atoms with Gasteiger partial charge in [0, 0.05) is 5.56 Å². The maximum atomic E-state index is 9.88. The maximum absolute atomic E-state index is 9.88. The fourth-order valence-corrected chi connectivity index (χ4v) is 1.08. The van der Waals surface area contributed by atoms with E-state index in [0.29, 0.717) is 0 Å². The van der Waals surface area contributed by atoms with E-state index in [1.54, 1.807) is 12.5 Å².